The minimum Gasteiger partial charge on any atom is -0.409 e. The zero-order valence-electron chi connectivity index (χ0n) is 11.6. The molecule has 0 bridgehead atoms. The Morgan fingerprint density at radius 2 is 2.11 bits per heavy atom. The molecule has 1 amide bonds. The van der Waals surface area contributed by atoms with E-state index in [2.05, 4.69) is 10.5 Å². The maximum atomic E-state index is 12.1. The summed E-state index contributed by atoms with van der Waals surface area (Å²) in [7, 11) is 0. The minimum absolute atomic E-state index is 0.118. The molecule has 0 saturated carbocycles. The van der Waals surface area contributed by atoms with Gasteiger partial charge in [-0.05, 0) is 43.5 Å². The molecule has 0 spiro atoms. The van der Waals surface area contributed by atoms with E-state index in [0.717, 1.165) is 11.1 Å². The van der Waals surface area contributed by atoms with Crippen LogP contribution in [-0.2, 0) is 0 Å². The van der Waals surface area contributed by atoms with Crippen molar-refractivity contribution in [2.75, 3.05) is 0 Å². The summed E-state index contributed by atoms with van der Waals surface area (Å²) in [6.45, 7) is 5.92. The van der Waals surface area contributed by atoms with Crippen LogP contribution >= 0.6 is 0 Å². The number of hydrogen-bond acceptors (Lipinski definition) is 3. The molecule has 5 nitrogen and oxygen atoms in total. The molecule has 0 fully saturated rings. The Labute approximate surface area is 113 Å². The van der Waals surface area contributed by atoms with E-state index in [0.29, 0.717) is 18.4 Å². The van der Waals surface area contributed by atoms with E-state index in [1.165, 1.54) is 0 Å². The standard InChI is InChI=1S/C14H21N3O2/c1-4-12(8-13(15)17-19)16-14(18)11-6-5-9(2)10(3)7-11/h5-7,12,19H,4,8H2,1-3H3,(H2,15,17)(H,16,18). The molecule has 0 aliphatic heterocycles. The van der Waals surface area contributed by atoms with E-state index >= 15 is 0 Å². The Hall–Kier alpha value is -2.04. The van der Waals surface area contributed by atoms with Gasteiger partial charge in [-0.2, -0.15) is 0 Å². The van der Waals surface area contributed by atoms with Crippen molar-refractivity contribution in [1.29, 1.82) is 0 Å². The SMILES string of the molecule is CCC(CC(N)=NO)NC(=O)c1ccc(C)c(C)c1. The Kier molecular flexibility index (Phi) is 5.36. The fraction of sp³-hybridized carbons (Fsp3) is 0.429. The first-order chi connectivity index (χ1) is 8.97. The highest BCUT2D eigenvalue weighted by Crippen LogP contribution is 2.10. The van der Waals surface area contributed by atoms with Crippen molar-refractivity contribution in [3.63, 3.8) is 0 Å². The zero-order valence-corrected chi connectivity index (χ0v) is 11.6. The van der Waals surface area contributed by atoms with Gasteiger partial charge in [-0.25, -0.2) is 0 Å². The number of aryl methyl sites for hydroxylation is 2. The second kappa shape index (κ2) is 6.78. The molecule has 5 heteroatoms. The highest BCUT2D eigenvalue weighted by Gasteiger charge is 2.14. The van der Waals surface area contributed by atoms with Crippen LogP contribution in [0.15, 0.2) is 23.4 Å². The van der Waals surface area contributed by atoms with Crippen LogP contribution in [0.5, 0.6) is 0 Å². The van der Waals surface area contributed by atoms with Gasteiger partial charge >= 0.3 is 0 Å². The number of oxime groups is 1. The van der Waals surface area contributed by atoms with Gasteiger partial charge in [-0.1, -0.05) is 18.1 Å². The fourth-order valence-corrected chi connectivity index (χ4v) is 1.74. The second-order valence-electron chi connectivity index (χ2n) is 4.67. The number of amides is 1. The number of carbonyl (C=O) groups excluding carboxylic acids is 1. The van der Waals surface area contributed by atoms with E-state index in [1.807, 2.05) is 32.9 Å². The first kappa shape index (κ1) is 15.0. The molecule has 1 rings (SSSR count). The van der Waals surface area contributed by atoms with Gasteiger partial charge in [0.25, 0.3) is 5.91 Å². The summed E-state index contributed by atoms with van der Waals surface area (Å²) in [5.41, 5.74) is 8.32. The van der Waals surface area contributed by atoms with Crippen LogP contribution in [0.2, 0.25) is 0 Å². The van der Waals surface area contributed by atoms with Crippen molar-refractivity contribution < 1.29 is 10.0 Å². The third-order valence-corrected chi connectivity index (χ3v) is 3.18. The Bertz CT molecular complexity index is 484. The predicted octanol–water partition coefficient (Wildman–Crippen LogP) is 1.95. The highest BCUT2D eigenvalue weighted by molar-refractivity contribution is 5.95. The molecule has 104 valence electrons. The largest absolute Gasteiger partial charge is 0.409 e. The molecular weight excluding hydrogens is 242 g/mol. The van der Waals surface area contributed by atoms with Crippen molar-refractivity contribution in [2.45, 2.75) is 39.7 Å². The number of amidine groups is 1. The van der Waals surface area contributed by atoms with Crippen LogP contribution in [0.4, 0.5) is 0 Å². The molecular formula is C14H21N3O2. The second-order valence-corrected chi connectivity index (χ2v) is 4.67. The number of carbonyl (C=O) groups is 1. The number of rotatable bonds is 5. The molecule has 1 unspecified atom stereocenters. The topological polar surface area (TPSA) is 87.7 Å². The van der Waals surface area contributed by atoms with Gasteiger partial charge in [0.1, 0.15) is 5.84 Å². The monoisotopic (exact) mass is 263 g/mol. The number of nitrogens with one attached hydrogen (secondary N) is 1. The maximum absolute atomic E-state index is 12.1. The van der Waals surface area contributed by atoms with Gasteiger partial charge in [0.2, 0.25) is 0 Å². The van der Waals surface area contributed by atoms with Crippen LogP contribution in [-0.4, -0.2) is 23.0 Å². The third kappa shape index (κ3) is 4.28. The molecule has 0 radical (unpaired) electrons. The van der Waals surface area contributed by atoms with Crippen molar-refractivity contribution in [1.82, 2.24) is 5.32 Å². The summed E-state index contributed by atoms with van der Waals surface area (Å²) < 4.78 is 0. The highest BCUT2D eigenvalue weighted by atomic mass is 16.4. The normalized spacial score (nSPS) is 13.1. The quantitative estimate of drug-likeness (QED) is 0.328. The lowest BCUT2D eigenvalue weighted by molar-refractivity contribution is 0.0937. The lowest BCUT2D eigenvalue weighted by Crippen LogP contribution is -2.37. The van der Waals surface area contributed by atoms with Crippen molar-refractivity contribution in [3.8, 4) is 0 Å². The summed E-state index contributed by atoms with van der Waals surface area (Å²) >= 11 is 0. The Balaban J connectivity index is 2.74. The van der Waals surface area contributed by atoms with E-state index in [-0.39, 0.29) is 17.8 Å². The summed E-state index contributed by atoms with van der Waals surface area (Å²) in [5, 5.41) is 14.4. The molecule has 0 aliphatic carbocycles. The number of nitrogens with zero attached hydrogens (tertiary/aromatic N) is 1. The summed E-state index contributed by atoms with van der Waals surface area (Å²) in [6.07, 6.45) is 1.05. The van der Waals surface area contributed by atoms with Crippen LogP contribution in [0.1, 0.15) is 41.3 Å². The van der Waals surface area contributed by atoms with Gasteiger partial charge in [0.15, 0.2) is 0 Å². The van der Waals surface area contributed by atoms with Crippen LogP contribution in [0.3, 0.4) is 0 Å². The maximum Gasteiger partial charge on any atom is 0.251 e. The van der Waals surface area contributed by atoms with Crippen molar-refractivity contribution in [3.05, 3.63) is 34.9 Å². The van der Waals surface area contributed by atoms with Crippen molar-refractivity contribution in [2.24, 2.45) is 10.9 Å². The van der Waals surface area contributed by atoms with E-state index < -0.39 is 0 Å². The zero-order chi connectivity index (χ0) is 14.4. The van der Waals surface area contributed by atoms with Gasteiger partial charge in [-0.3, -0.25) is 4.79 Å². The number of nitrogens with two attached hydrogens (primary N) is 1. The Morgan fingerprint density at radius 1 is 1.42 bits per heavy atom. The van der Waals surface area contributed by atoms with E-state index in [4.69, 9.17) is 10.9 Å². The lowest BCUT2D eigenvalue weighted by Gasteiger charge is -2.16. The van der Waals surface area contributed by atoms with Gasteiger partial charge in [-0.15, -0.1) is 0 Å². The molecule has 0 saturated heterocycles. The van der Waals surface area contributed by atoms with Crippen LogP contribution in [0.25, 0.3) is 0 Å². The average molecular weight is 263 g/mol. The molecule has 4 N–H and O–H groups in total. The molecule has 1 aromatic carbocycles. The predicted molar refractivity (Wildman–Crippen MR) is 75.5 cm³/mol. The van der Waals surface area contributed by atoms with Gasteiger partial charge in [0, 0.05) is 18.0 Å². The molecule has 1 atom stereocenters. The molecule has 0 heterocycles. The fourth-order valence-electron chi connectivity index (χ4n) is 1.74. The summed E-state index contributed by atoms with van der Waals surface area (Å²) in [5.74, 6) is -0.0204. The third-order valence-electron chi connectivity index (χ3n) is 3.18. The molecule has 1 aromatic rings. The molecule has 0 aliphatic rings. The average Bonchev–Trinajstić information content (AvgIpc) is 2.40. The number of hydrogen-bond donors (Lipinski definition) is 3. The molecule has 19 heavy (non-hydrogen) atoms. The van der Waals surface area contributed by atoms with Crippen LogP contribution in [0, 0.1) is 13.8 Å². The lowest BCUT2D eigenvalue weighted by atomic mass is 10.0. The van der Waals surface area contributed by atoms with Crippen LogP contribution < -0.4 is 11.1 Å². The number of benzene rings is 1. The molecule has 0 aromatic heterocycles. The summed E-state index contributed by atoms with van der Waals surface area (Å²) in [4.78, 5) is 12.1. The van der Waals surface area contributed by atoms with Gasteiger partial charge in [0.05, 0.1) is 0 Å². The Morgan fingerprint density at radius 3 is 2.63 bits per heavy atom. The smallest absolute Gasteiger partial charge is 0.251 e. The summed E-state index contributed by atoms with van der Waals surface area (Å²) in [6, 6.07) is 5.45. The van der Waals surface area contributed by atoms with Crippen molar-refractivity contribution >= 4 is 11.7 Å². The first-order valence-electron chi connectivity index (χ1n) is 6.32. The van der Waals surface area contributed by atoms with E-state index in [1.54, 1.807) is 6.07 Å². The van der Waals surface area contributed by atoms with E-state index in [9.17, 15) is 4.79 Å². The minimum atomic E-state index is -0.138. The first-order valence-corrected chi connectivity index (χ1v) is 6.32. The van der Waals surface area contributed by atoms with Gasteiger partial charge < -0.3 is 16.3 Å².